The largest absolute Gasteiger partial charge is 0.537 e. The van der Waals surface area contributed by atoms with E-state index in [0.29, 0.717) is 6.29 Å². The van der Waals surface area contributed by atoms with Gasteiger partial charge < -0.3 is 14.3 Å². The topological polar surface area (TPSA) is 98.5 Å². The van der Waals surface area contributed by atoms with Crippen LogP contribution < -0.4 is 9.99 Å². The van der Waals surface area contributed by atoms with E-state index in [-0.39, 0.29) is 34.6 Å². The summed E-state index contributed by atoms with van der Waals surface area (Å²) in [6, 6.07) is 0. The molecule has 0 fully saturated rings. The van der Waals surface area contributed by atoms with Gasteiger partial charge in [0.25, 0.3) is 13.9 Å². The number of carboxylic acid groups (broad SMARTS) is 1. The Morgan fingerprint density at radius 2 is 1.68 bits per heavy atom. The number of rotatable bonds is 8. The predicted octanol–water partition coefficient (Wildman–Crippen LogP) is 2.77. The molecular formula is C17H28N2O5Si. The van der Waals surface area contributed by atoms with Gasteiger partial charge in [-0.25, -0.2) is 9.78 Å². The third-order valence-corrected chi connectivity index (χ3v) is 10.8. The van der Waals surface area contributed by atoms with Gasteiger partial charge in [0.05, 0.1) is 6.42 Å². The molecule has 0 aliphatic heterocycles. The Bertz CT molecular complexity index is 688. The van der Waals surface area contributed by atoms with Crippen LogP contribution in [0.5, 0.6) is 5.75 Å². The highest BCUT2D eigenvalue weighted by molar-refractivity contribution is 6.78. The zero-order valence-electron chi connectivity index (χ0n) is 16.0. The van der Waals surface area contributed by atoms with Crippen molar-refractivity contribution >= 4 is 20.6 Å². The van der Waals surface area contributed by atoms with Crippen LogP contribution in [0.4, 0.5) is 0 Å². The molecule has 1 N–H and O–H groups in total. The summed E-state index contributed by atoms with van der Waals surface area (Å²) >= 11 is 0. The van der Waals surface area contributed by atoms with Crippen molar-refractivity contribution in [2.45, 2.75) is 64.6 Å². The molecule has 0 amide bonds. The van der Waals surface area contributed by atoms with Gasteiger partial charge in [0.15, 0.2) is 5.69 Å². The van der Waals surface area contributed by atoms with Crippen LogP contribution in [0.15, 0.2) is 4.79 Å². The molecule has 0 aromatic carbocycles. The van der Waals surface area contributed by atoms with Crippen molar-refractivity contribution in [2.75, 3.05) is 0 Å². The highest BCUT2D eigenvalue weighted by Crippen LogP contribution is 2.42. The average Bonchev–Trinajstić information content (AvgIpc) is 2.49. The number of carbonyl (C=O) groups is 2. The van der Waals surface area contributed by atoms with Gasteiger partial charge in [-0.15, -0.1) is 0 Å². The predicted molar refractivity (Wildman–Crippen MR) is 97.9 cm³/mol. The molecule has 0 bridgehead atoms. The van der Waals surface area contributed by atoms with Gasteiger partial charge >= 0.3 is 5.97 Å². The van der Waals surface area contributed by atoms with Crippen LogP contribution in [0.3, 0.4) is 0 Å². The van der Waals surface area contributed by atoms with Gasteiger partial charge in [-0.3, -0.25) is 9.36 Å². The third kappa shape index (κ3) is 3.83. The maximum absolute atomic E-state index is 12.8. The van der Waals surface area contributed by atoms with Crippen LogP contribution in [-0.4, -0.2) is 35.2 Å². The first kappa shape index (κ1) is 21.1. The molecular weight excluding hydrogens is 340 g/mol. The maximum Gasteiger partial charge on any atom is 0.358 e. The van der Waals surface area contributed by atoms with E-state index in [9.17, 15) is 19.5 Å². The van der Waals surface area contributed by atoms with E-state index in [1.54, 1.807) is 0 Å². The van der Waals surface area contributed by atoms with Crippen molar-refractivity contribution in [3.63, 3.8) is 0 Å². The Kier molecular flexibility index (Phi) is 6.70. The molecule has 0 aliphatic carbocycles. The fraction of sp³-hybridized carbons (Fsp3) is 0.647. The SMILES string of the molecule is CC(C)[Si](Oc1c(C(=O)O)nc(CC=O)n(C)c1=O)(C(C)C)C(C)C. The molecule has 7 nitrogen and oxygen atoms in total. The second kappa shape index (κ2) is 7.94. The number of hydrogen-bond donors (Lipinski definition) is 1. The third-order valence-electron chi connectivity index (χ3n) is 4.80. The number of carbonyl (C=O) groups excluding carboxylic acids is 1. The van der Waals surface area contributed by atoms with Crippen LogP contribution in [0.1, 0.15) is 57.9 Å². The van der Waals surface area contributed by atoms with Crippen LogP contribution in [0.2, 0.25) is 16.6 Å². The molecule has 25 heavy (non-hydrogen) atoms. The summed E-state index contributed by atoms with van der Waals surface area (Å²) in [4.78, 5) is 39.2. The Morgan fingerprint density at radius 1 is 1.20 bits per heavy atom. The van der Waals surface area contributed by atoms with Crippen molar-refractivity contribution in [2.24, 2.45) is 7.05 Å². The van der Waals surface area contributed by atoms with E-state index >= 15 is 0 Å². The molecule has 1 aromatic rings. The lowest BCUT2D eigenvalue weighted by Crippen LogP contribution is -2.52. The summed E-state index contributed by atoms with van der Waals surface area (Å²) in [5.41, 5.74) is -0.461. The van der Waals surface area contributed by atoms with Gasteiger partial charge in [-0.2, -0.15) is 0 Å². The van der Waals surface area contributed by atoms with E-state index in [2.05, 4.69) is 4.98 Å². The normalized spacial score (nSPS) is 12.1. The molecule has 140 valence electrons. The standard InChI is InChI=1S/C17H28N2O5Si/c1-10(2)25(11(3)4,12(5)6)24-15-14(17(22)23)18-13(8-9-20)19(7)16(15)21/h9-12H,8H2,1-7H3,(H,22,23). The van der Waals surface area contributed by atoms with Gasteiger partial charge in [0.2, 0.25) is 5.75 Å². The van der Waals surface area contributed by atoms with E-state index < -0.39 is 25.5 Å². The quantitative estimate of drug-likeness (QED) is 0.559. The maximum atomic E-state index is 12.8. The van der Waals surface area contributed by atoms with Gasteiger partial charge in [0.1, 0.15) is 12.1 Å². The van der Waals surface area contributed by atoms with Crippen LogP contribution in [-0.2, 0) is 18.3 Å². The van der Waals surface area contributed by atoms with E-state index in [4.69, 9.17) is 4.43 Å². The molecule has 0 saturated heterocycles. The number of aldehydes is 1. The zero-order valence-corrected chi connectivity index (χ0v) is 17.0. The summed E-state index contributed by atoms with van der Waals surface area (Å²) in [5.74, 6) is -1.44. The lowest BCUT2D eigenvalue weighted by molar-refractivity contribution is -0.107. The highest BCUT2D eigenvalue weighted by Gasteiger charge is 2.48. The second-order valence-corrected chi connectivity index (χ2v) is 12.5. The van der Waals surface area contributed by atoms with Crippen LogP contribution in [0, 0.1) is 0 Å². The van der Waals surface area contributed by atoms with E-state index in [0.717, 1.165) is 0 Å². The number of aromatic nitrogens is 2. The van der Waals surface area contributed by atoms with E-state index in [1.807, 2.05) is 41.5 Å². The molecule has 8 heteroatoms. The summed E-state index contributed by atoms with van der Waals surface area (Å²) in [7, 11) is -1.05. The number of nitrogens with zero attached hydrogens (tertiary/aromatic N) is 2. The molecule has 1 aromatic heterocycles. The summed E-state index contributed by atoms with van der Waals surface area (Å²) in [5, 5.41) is 9.52. The number of hydrogen-bond acceptors (Lipinski definition) is 5. The minimum absolute atomic E-state index is 0.107. The Labute approximate surface area is 149 Å². The Balaban J connectivity index is 3.70. The highest BCUT2D eigenvalue weighted by atomic mass is 28.4. The monoisotopic (exact) mass is 368 g/mol. The second-order valence-electron chi connectivity index (χ2n) is 7.17. The molecule has 0 unspecified atom stereocenters. The molecule has 0 atom stereocenters. The summed E-state index contributed by atoms with van der Waals surface area (Å²) < 4.78 is 7.49. The minimum atomic E-state index is -2.52. The molecule has 0 saturated carbocycles. The van der Waals surface area contributed by atoms with Crippen molar-refractivity contribution in [1.29, 1.82) is 0 Å². The zero-order chi connectivity index (χ0) is 19.5. The lowest BCUT2D eigenvalue weighted by Gasteiger charge is -2.42. The lowest BCUT2D eigenvalue weighted by atomic mass is 10.3. The first-order valence-electron chi connectivity index (χ1n) is 8.46. The van der Waals surface area contributed by atoms with Crippen LogP contribution in [0.25, 0.3) is 0 Å². The summed E-state index contributed by atoms with van der Waals surface area (Å²) in [6.07, 6.45) is 0.455. The van der Waals surface area contributed by atoms with Crippen molar-refractivity contribution in [3.8, 4) is 5.75 Å². The molecule has 1 rings (SSSR count). The first-order valence-corrected chi connectivity index (χ1v) is 10.6. The summed E-state index contributed by atoms with van der Waals surface area (Å²) in [6.45, 7) is 12.3. The number of carboxylic acids is 1. The molecule has 0 aliphatic rings. The van der Waals surface area contributed by atoms with Gasteiger partial charge in [0, 0.05) is 7.05 Å². The van der Waals surface area contributed by atoms with Gasteiger partial charge in [-0.1, -0.05) is 41.5 Å². The minimum Gasteiger partial charge on any atom is -0.537 e. The van der Waals surface area contributed by atoms with Gasteiger partial charge in [-0.05, 0) is 16.6 Å². The number of aromatic carboxylic acids is 1. The average molecular weight is 369 g/mol. The Morgan fingerprint density at radius 3 is 2.04 bits per heavy atom. The molecule has 0 radical (unpaired) electrons. The first-order chi connectivity index (χ1) is 11.5. The smallest absolute Gasteiger partial charge is 0.358 e. The fourth-order valence-electron chi connectivity index (χ4n) is 3.65. The fourth-order valence-corrected chi connectivity index (χ4v) is 8.89. The van der Waals surface area contributed by atoms with Crippen molar-refractivity contribution in [1.82, 2.24) is 9.55 Å². The van der Waals surface area contributed by atoms with Crippen LogP contribution >= 0.6 is 0 Å². The van der Waals surface area contributed by atoms with Crippen molar-refractivity contribution < 1.29 is 19.1 Å². The van der Waals surface area contributed by atoms with E-state index in [1.165, 1.54) is 11.6 Å². The van der Waals surface area contributed by atoms with Crippen molar-refractivity contribution in [3.05, 3.63) is 21.9 Å². The Hall–Kier alpha value is -1.96. The molecule has 1 heterocycles. The molecule has 0 spiro atoms.